The Labute approximate surface area is 84.4 Å². The van der Waals surface area contributed by atoms with Gasteiger partial charge in [-0.25, -0.2) is 9.97 Å². The number of nitrogens with zero attached hydrogens (tertiary/aromatic N) is 2. The van der Waals surface area contributed by atoms with Crippen molar-refractivity contribution in [2.24, 2.45) is 0 Å². The Bertz CT molecular complexity index is 259. The molecule has 0 spiro atoms. The molecule has 1 atom stereocenters. The molecule has 0 saturated heterocycles. The van der Waals surface area contributed by atoms with Crippen LogP contribution < -0.4 is 5.32 Å². The van der Waals surface area contributed by atoms with Gasteiger partial charge in [-0.15, -0.1) is 0 Å². The third-order valence-electron chi connectivity index (χ3n) is 2.46. The number of hydrogen-bond donors (Lipinski definition) is 2. The lowest BCUT2D eigenvalue weighted by atomic mass is 10.0. The number of aromatic nitrogens is 2. The standard InChI is InChI=1S/C10H17N3O/c1-3-10(2,7-14)13-6-9-4-11-8-12-5-9/h4-5,8,13-14H,3,6-7H2,1-2H3. The van der Waals surface area contributed by atoms with E-state index in [1.54, 1.807) is 12.4 Å². The van der Waals surface area contributed by atoms with Crippen LogP contribution in [0.3, 0.4) is 0 Å². The van der Waals surface area contributed by atoms with Crippen molar-refractivity contribution in [3.05, 3.63) is 24.3 Å². The maximum Gasteiger partial charge on any atom is 0.115 e. The third-order valence-corrected chi connectivity index (χ3v) is 2.46. The molecule has 2 N–H and O–H groups in total. The van der Waals surface area contributed by atoms with Crippen molar-refractivity contribution in [2.75, 3.05) is 6.61 Å². The minimum absolute atomic E-state index is 0.136. The molecule has 14 heavy (non-hydrogen) atoms. The van der Waals surface area contributed by atoms with Gasteiger partial charge in [0.05, 0.1) is 6.61 Å². The zero-order valence-corrected chi connectivity index (χ0v) is 8.70. The lowest BCUT2D eigenvalue weighted by molar-refractivity contribution is 0.169. The van der Waals surface area contributed by atoms with Gasteiger partial charge in [-0.3, -0.25) is 0 Å². The second-order valence-corrected chi connectivity index (χ2v) is 3.67. The monoisotopic (exact) mass is 195 g/mol. The SMILES string of the molecule is CCC(C)(CO)NCc1cncnc1. The molecule has 4 nitrogen and oxygen atoms in total. The minimum atomic E-state index is -0.212. The summed E-state index contributed by atoms with van der Waals surface area (Å²) in [6, 6.07) is 0. The van der Waals surface area contributed by atoms with Gasteiger partial charge in [0.2, 0.25) is 0 Å². The summed E-state index contributed by atoms with van der Waals surface area (Å²) >= 11 is 0. The highest BCUT2D eigenvalue weighted by Gasteiger charge is 2.19. The van der Waals surface area contributed by atoms with Gasteiger partial charge < -0.3 is 10.4 Å². The Morgan fingerprint density at radius 3 is 2.57 bits per heavy atom. The number of aliphatic hydroxyl groups is 1. The fourth-order valence-corrected chi connectivity index (χ4v) is 1.03. The first-order valence-corrected chi connectivity index (χ1v) is 4.80. The molecule has 0 aliphatic carbocycles. The average Bonchev–Trinajstić information content (AvgIpc) is 2.27. The summed E-state index contributed by atoms with van der Waals surface area (Å²) in [5, 5.41) is 12.5. The van der Waals surface area contributed by atoms with Gasteiger partial charge in [-0.05, 0) is 13.3 Å². The van der Waals surface area contributed by atoms with Crippen molar-refractivity contribution >= 4 is 0 Å². The lowest BCUT2D eigenvalue weighted by Crippen LogP contribution is -2.44. The summed E-state index contributed by atoms with van der Waals surface area (Å²) < 4.78 is 0. The van der Waals surface area contributed by atoms with Gasteiger partial charge in [-0.2, -0.15) is 0 Å². The van der Waals surface area contributed by atoms with Crippen LogP contribution in [0.2, 0.25) is 0 Å². The van der Waals surface area contributed by atoms with Crippen LogP contribution in [0, 0.1) is 0 Å². The summed E-state index contributed by atoms with van der Waals surface area (Å²) in [7, 11) is 0. The summed E-state index contributed by atoms with van der Waals surface area (Å²) in [6.07, 6.45) is 5.94. The average molecular weight is 195 g/mol. The van der Waals surface area contributed by atoms with Crippen molar-refractivity contribution in [3.8, 4) is 0 Å². The molecule has 0 radical (unpaired) electrons. The Morgan fingerprint density at radius 1 is 1.43 bits per heavy atom. The molecule has 0 fully saturated rings. The highest BCUT2D eigenvalue weighted by atomic mass is 16.3. The summed E-state index contributed by atoms with van der Waals surface area (Å²) in [5.41, 5.74) is 0.816. The minimum Gasteiger partial charge on any atom is -0.394 e. The molecule has 0 amide bonds. The van der Waals surface area contributed by atoms with Gasteiger partial charge in [-0.1, -0.05) is 6.92 Å². The normalized spacial score (nSPS) is 15.1. The van der Waals surface area contributed by atoms with Crippen molar-refractivity contribution in [1.82, 2.24) is 15.3 Å². The molecule has 1 aromatic rings. The first-order valence-electron chi connectivity index (χ1n) is 4.80. The molecule has 0 aromatic carbocycles. The first-order chi connectivity index (χ1) is 6.70. The van der Waals surface area contributed by atoms with E-state index in [9.17, 15) is 0 Å². The molecular formula is C10H17N3O. The topological polar surface area (TPSA) is 58.0 Å². The van der Waals surface area contributed by atoms with E-state index in [1.807, 2.05) is 13.8 Å². The van der Waals surface area contributed by atoms with Gasteiger partial charge in [0, 0.05) is 30.0 Å². The molecule has 0 aliphatic heterocycles. The van der Waals surface area contributed by atoms with Crippen molar-refractivity contribution in [1.29, 1.82) is 0 Å². The van der Waals surface area contributed by atoms with Crippen LogP contribution in [0.5, 0.6) is 0 Å². The van der Waals surface area contributed by atoms with E-state index in [1.165, 1.54) is 6.33 Å². The highest BCUT2D eigenvalue weighted by molar-refractivity contribution is 5.02. The zero-order chi connectivity index (χ0) is 10.4. The van der Waals surface area contributed by atoms with E-state index in [0.717, 1.165) is 12.0 Å². The summed E-state index contributed by atoms with van der Waals surface area (Å²) in [5.74, 6) is 0. The maximum absolute atomic E-state index is 9.17. The second kappa shape index (κ2) is 5.02. The van der Waals surface area contributed by atoms with Crippen LogP contribution in [0.15, 0.2) is 18.7 Å². The molecule has 0 saturated carbocycles. The molecular weight excluding hydrogens is 178 g/mol. The van der Waals surface area contributed by atoms with E-state index < -0.39 is 0 Å². The van der Waals surface area contributed by atoms with Gasteiger partial charge >= 0.3 is 0 Å². The Balaban J connectivity index is 2.48. The number of aliphatic hydroxyl groups excluding tert-OH is 1. The largest absolute Gasteiger partial charge is 0.394 e. The predicted octanol–water partition coefficient (Wildman–Crippen LogP) is 0.727. The zero-order valence-electron chi connectivity index (χ0n) is 8.70. The van der Waals surface area contributed by atoms with Gasteiger partial charge in [0.15, 0.2) is 0 Å². The molecule has 1 heterocycles. The highest BCUT2D eigenvalue weighted by Crippen LogP contribution is 2.08. The number of hydrogen-bond acceptors (Lipinski definition) is 4. The van der Waals surface area contributed by atoms with Crippen LogP contribution >= 0.6 is 0 Å². The fraction of sp³-hybridized carbons (Fsp3) is 0.600. The Morgan fingerprint density at radius 2 is 2.07 bits per heavy atom. The second-order valence-electron chi connectivity index (χ2n) is 3.67. The molecule has 1 rings (SSSR count). The van der Waals surface area contributed by atoms with Crippen LogP contribution in [0.1, 0.15) is 25.8 Å². The Hall–Kier alpha value is -1.00. The van der Waals surface area contributed by atoms with Crippen LogP contribution in [-0.4, -0.2) is 27.2 Å². The van der Waals surface area contributed by atoms with E-state index >= 15 is 0 Å². The van der Waals surface area contributed by atoms with E-state index in [2.05, 4.69) is 15.3 Å². The molecule has 1 aromatic heterocycles. The summed E-state index contributed by atoms with van der Waals surface area (Å²) in [4.78, 5) is 7.85. The molecule has 78 valence electrons. The lowest BCUT2D eigenvalue weighted by Gasteiger charge is -2.27. The molecule has 0 aliphatic rings. The van der Waals surface area contributed by atoms with Crippen LogP contribution in [0.4, 0.5) is 0 Å². The fourth-order valence-electron chi connectivity index (χ4n) is 1.03. The van der Waals surface area contributed by atoms with Gasteiger partial charge in [0.25, 0.3) is 0 Å². The molecule has 0 bridgehead atoms. The Kier molecular flexibility index (Phi) is 3.98. The number of nitrogens with one attached hydrogen (secondary N) is 1. The van der Waals surface area contributed by atoms with E-state index in [4.69, 9.17) is 5.11 Å². The quantitative estimate of drug-likeness (QED) is 0.727. The van der Waals surface area contributed by atoms with Crippen LogP contribution in [-0.2, 0) is 6.54 Å². The first kappa shape index (κ1) is 11.1. The van der Waals surface area contributed by atoms with Crippen molar-refractivity contribution in [3.63, 3.8) is 0 Å². The summed E-state index contributed by atoms with van der Waals surface area (Å²) in [6.45, 7) is 4.87. The van der Waals surface area contributed by atoms with E-state index in [-0.39, 0.29) is 12.1 Å². The van der Waals surface area contributed by atoms with Gasteiger partial charge in [0.1, 0.15) is 6.33 Å². The molecule has 1 unspecified atom stereocenters. The smallest absolute Gasteiger partial charge is 0.115 e. The molecule has 4 heteroatoms. The third kappa shape index (κ3) is 3.05. The van der Waals surface area contributed by atoms with Crippen LogP contribution in [0.25, 0.3) is 0 Å². The van der Waals surface area contributed by atoms with Crippen molar-refractivity contribution < 1.29 is 5.11 Å². The van der Waals surface area contributed by atoms with E-state index in [0.29, 0.717) is 6.54 Å². The number of rotatable bonds is 5. The van der Waals surface area contributed by atoms with Crippen molar-refractivity contribution in [2.45, 2.75) is 32.4 Å². The predicted molar refractivity (Wildman–Crippen MR) is 54.7 cm³/mol. The maximum atomic E-state index is 9.17.